The van der Waals surface area contributed by atoms with Crippen molar-refractivity contribution in [1.82, 2.24) is 4.57 Å². The van der Waals surface area contributed by atoms with Gasteiger partial charge in [-0.15, -0.1) is 0 Å². The predicted octanol–water partition coefficient (Wildman–Crippen LogP) is 2.38. The Morgan fingerprint density at radius 3 is 2.69 bits per heavy atom. The topological polar surface area (TPSA) is 22.0 Å². The number of pyridine rings is 1. The summed E-state index contributed by atoms with van der Waals surface area (Å²) in [6, 6.07) is 3.87. The van der Waals surface area contributed by atoms with Crippen molar-refractivity contribution in [2.45, 2.75) is 39.7 Å². The summed E-state index contributed by atoms with van der Waals surface area (Å²) in [5.74, 6) is 0.316. The molecule has 0 saturated carbocycles. The lowest BCUT2D eigenvalue weighted by atomic mass is 10.1. The van der Waals surface area contributed by atoms with Crippen LogP contribution in [0.15, 0.2) is 23.1 Å². The fraction of sp³-hybridized carbons (Fsp3) is 0.545. The van der Waals surface area contributed by atoms with Crippen molar-refractivity contribution in [1.29, 1.82) is 0 Å². The Morgan fingerprint density at radius 1 is 1.46 bits per heavy atom. The van der Waals surface area contributed by atoms with Crippen LogP contribution in [0.4, 0.5) is 0 Å². The van der Waals surface area contributed by atoms with Crippen LogP contribution in [-0.2, 0) is 6.54 Å². The molecular formula is C11H17NO. The minimum absolute atomic E-state index is 0.166. The van der Waals surface area contributed by atoms with E-state index in [-0.39, 0.29) is 5.56 Å². The molecule has 72 valence electrons. The van der Waals surface area contributed by atoms with Gasteiger partial charge < -0.3 is 4.57 Å². The smallest absolute Gasteiger partial charge is 0.253 e. The van der Waals surface area contributed by atoms with Gasteiger partial charge in [0.1, 0.15) is 0 Å². The Bertz CT molecular complexity index is 325. The lowest BCUT2D eigenvalue weighted by Gasteiger charge is -2.08. The van der Waals surface area contributed by atoms with Gasteiger partial charge in [0.15, 0.2) is 0 Å². The average molecular weight is 179 g/mol. The van der Waals surface area contributed by atoms with Crippen molar-refractivity contribution in [2.24, 2.45) is 0 Å². The number of nitrogens with zero attached hydrogens (tertiary/aromatic N) is 1. The second kappa shape index (κ2) is 4.26. The number of rotatable bonds is 3. The first-order valence-corrected chi connectivity index (χ1v) is 4.86. The van der Waals surface area contributed by atoms with Crippen molar-refractivity contribution >= 4 is 0 Å². The molecule has 0 saturated heterocycles. The van der Waals surface area contributed by atoms with Gasteiger partial charge >= 0.3 is 0 Å². The van der Waals surface area contributed by atoms with E-state index in [0.29, 0.717) is 5.92 Å². The largest absolute Gasteiger partial charge is 0.315 e. The molecule has 1 aromatic rings. The van der Waals surface area contributed by atoms with Gasteiger partial charge in [0.05, 0.1) is 0 Å². The third kappa shape index (κ3) is 2.20. The monoisotopic (exact) mass is 179 g/mol. The minimum Gasteiger partial charge on any atom is -0.315 e. The first kappa shape index (κ1) is 10.0. The van der Waals surface area contributed by atoms with E-state index < -0.39 is 0 Å². The zero-order valence-electron chi connectivity index (χ0n) is 8.58. The molecule has 0 atom stereocenters. The third-order valence-electron chi connectivity index (χ3n) is 2.14. The molecule has 0 aliphatic heterocycles. The molecule has 13 heavy (non-hydrogen) atoms. The molecule has 1 aromatic heterocycles. The van der Waals surface area contributed by atoms with Crippen LogP contribution < -0.4 is 5.56 Å². The van der Waals surface area contributed by atoms with Crippen LogP contribution in [0.2, 0.25) is 0 Å². The molecule has 0 N–H and O–H groups in total. The van der Waals surface area contributed by atoms with E-state index in [4.69, 9.17) is 0 Å². The molecule has 0 unspecified atom stereocenters. The molecule has 0 aromatic carbocycles. The first-order valence-electron chi connectivity index (χ1n) is 4.86. The van der Waals surface area contributed by atoms with Crippen LogP contribution >= 0.6 is 0 Å². The van der Waals surface area contributed by atoms with Crippen molar-refractivity contribution in [3.8, 4) is 0 Å². The van der Waals surface area contributed by atoms with Gasteiger partial charge in [-0.2, -0.15) is 0 Å². The SMILES string of the molecule is CCCn1cccc(C(C)C)c1=O. The van der Waals surface area contributed by atoms with E-state index in [1.165, 1.54) is 0 Å². The highest BCUT2D eigenvalue weighted by molar-refractivity contribution is 5.14. The summed E-state index contributed by atoms with van der Waals surface area (Å²) >= 11 is 0. The highest BCUT2D eigenvalue weighted by Gasteiger charge is 2.05. The standard InChI is InChI=1S/C11H17NO/c1-4-7-12-8-5-6-10(9(2)3)11(12)13/h5-6,8-9H,4,7H2,1-3H3. The molecule has 0 aliphatic carbocycles. The predicted molar refractivity (Wildman–Crippen MR) is 55.1 cm³/mol. The second-order valence-electron chi connectivity index (χ2n) is 3.62. The molecule has 0 aliphatic rings. The Labute approximate surface area is 79.2 Å². The molecule has 1 heterocycles. The van der Waals surface area contributed by atoms with Crippen molar-refractivity contribution in [2.75, 3.05) is 0 Å². The van der Waals surface area contributed by atoms with Crippen molar-refractivity contribution < 1.29 is 0 Å². The highest BCUT2D eigenvalue weighted by atomic mass is 16.1. The Hall–Kier alpha value is -1.05. The maximum absolute atomic E-state index is 11.8. The molecule has 1 rings (SSSR count). The lowest BCUT2D eigenvalue weighted by Crippen LogP contribution is -2.23. The summed E-state index contributed by atoms with van der Waals surface area (Å²) in [6.07, 6.45) is 2.86. The molecular weight excluding hydrogens is 162 g/mol. The van der Waals surface area contributed by atoms with Crippen LogP contribution in [-0.4, -0.2) is 4.57 Å². The van der Waals surface area contributed by atoms with Crippen molar-refractivity contribution in [3.05, 3.63) is 34.2 Å². The quantitative estimate of drug-likeness (QED) is 0.698. The summed E-state index contributed by atoms with van der Waals surface area (Å²) in [5.41, 5.74) is 1.08. The van der Waals surface area contributed by atoms with Gasteiger partial charge in [0.2, 0.25) is 0 Å². The first-order chi connectivity index (χ1) is 6.16. The molecule has 0 amide bonds. The highest BCUT2D eigenvalue weighted by Crippen LogP contribution is 2.07. The van der Waals surface area contributed by atoms with Crippen LogP contribution in [0, 0.1) is 0 Å². The molecule has 0 fully saturated rings. The lowest BCUT2D eigenvalue weighted by molar-refractivity contribution is 0.640. The fourth-order valence-electron chi connectivity index (χ4n) is 1.41. The van der Waals surface area contributed by atoms with Crippen LogP contribution in [0.25, 0.3) is 0 Å². The van der Waals surface area contributed by atoms with Crippen molar-refractivity contribution in [3.63, 3.8) is 0 Å². The number of hydrogen-bond acceptors (Lipinski definition) is 1. The number of aryl methyl sites for hydroxylation is 1. The molecule has 2 nitrogen and oxygen atoms in total. The number of hydrogen-bond donors (Lipinski definition) is 0. The van der Waals surface area contributed by atoms with E-state index in [0.717, 1.165) is 18.5 Å². The third-order valence-corrected chi connectivity index (χ3v) is 2.14. The fourth-order valence-corrected chi connectivity index (χ4v) is 1.41. The van der Waals surface area contributed by atoms with Crippen LogP contribution in [0.5, 0.6) is 0 Å². The van der Waals surface area contributed by atoms with E-state index >= 15 is 0 Å². The van der Waals surface area contributed by atoms with E-state index in [9.17, 15) is 4.79 Å². The summed E-state index contributed by atoms with van der Waals surface area (Å²) in [5, 5.41) is 0. The van der Waals surface area contributed by atoms with E-state index in [2.05, 4.69) is 6.92 Å². The molecule has 0 bridgehead atoms. The van der Waals surface area contributed by atoms with Gasteiger partial charge in [-0.3, -0.25) is 4.79 Å². The van der Waals surface area contributed by atoms with E-state index in [1.54, 1.807) is 4.57 Å². The summed E-state index contributed by atoms with van der Waals surface area (Å²) < 4.78 is 1.79. The number of aromatic nitrogens is 1. The van der Waals surface area contributed by atoms with E-state index in [1.807, 2.05) is 32.2 Å². The Morgan fingerprint density at radius 2 is 2.15 bits per heavy atom. The van der Waals surface area contributed by atoms with Gasteiger partial charge in [-0.25, -0.2) is 0 Å². The van der Waals surface area contributed by atoms with Gasteiger partial charge in [-0.1, -0.05) is 26.8 Å². The molecule has 0 spiro atoms. The zero-order valence-corrected chi connectivity index (χ0v) is 8.58. The Balaban J connectivity index is 3.11. The summed E-state index contributed by atoms with van der Waals surface area (Å²) in [6.45, 7) is 6.99. The molecule has 2 heteroatoms. The zero-order chi connectivity index (χ0) is 9.84. The van der Waals surface area contributed by atoms with Gasteiger partial charge in [-0.05, 0) is 18.4 Å². The maximum Gasteiger partial charge on any atom is 0.253 e. The average Bonchev–Trinajstić information content (AvgIpc) is 2.08. The molecule has 0 radical (unpaired) electrons. The maximum atomic E-state index is 11.8. The summed E-state index contributed by atoms with van der Waals surface area (Å²) in [7, 11) is 0. The normalized spacial score (nSPS) is 10.8. The van der Waals surface area contributed by atoms with Gasteiger partial charge in [0, 0.05) is 18.3 Å². The van der Waals surface area contributed by atoms with Gasteiger partial charge in [0.25, 0.3) is 5.56 Å². The minimum atomic E-state index is 0.166. The Kier molecular flexibility index (Phi) is 3.29. The second-order valence-corrected chi connectivity index (χ2v) is 3.62. The van der Waals surface area contributed by atoms with Crippen LogP contribution in [0.3, 0.4) is 0 Å². The summed E-state index contributed by atoms with van der Waals surface area (Å²) in [4.78, 5) is 11.8. The van der Waals surface area contributed by atoms with Crippen LogP contribution in [0.1, 0.15) is 38.7 Å².